The second-order valence-electron chi connectivity index (χ2n) is 5.03. The first-order valence-electron chi connectivity index (χ1n) is 6.31. The van der Waals surface area contributed by atoms with Crippen molar-refractivity contribution < 1.29 is 13.2 Å². The van der Waals surface area contributed by atoms with E-state index in [1.54, 1.807) is 6.92 Å². The third kappa shape index (κ3) is 3.27. The summed E-state index contributed by atoms with van der Waals surface area (Å²) in [5, 5.41) is 5.87. The smallest absolute Gasteiger partial charge is 0.370 e. The van der Waals surface area contributed by atoms with Crippen LogP contribution in [0, 0.1) is 0 Å². The molecule has 2 N–H and O–H groups in total. The quantitative estimate of drug-likeness (QED) is 0.884. The van der Waals surface area contributed by atoms with Crippen LogP contribution in [-0.4, -0.2) is 22.1 Å². The van der Waals surface area contributed by atoms with Crippen LogP contribution in [0.3, 0.4) is 0 Å². The molecule has 4 nitrogen and oxygen atoms in total. The molecule has 0 atom stereocenters. The number of hydrogen-bond donors (Lipinski definition) is 2. The van der Waals surface area contributed by atoms with E-state index in [0.29, 0.717) is 6.54 Å². The van der Waals surface area contributed by atoms with Crippen LogP contribution in [0.15, 0.2) is 6.07 Å². The molecule has 0 unspecified atom stereocenters. The van der Waals surface area contributed by atoms with Gasteiger partial charge < -0.3 is 10.6 Å². The van der Waals surface area contributed by atoms with Crippen molar-refractivity contribution in [3.8, 4) is 0 Å². The molecule has 1 aliphatic rings. The Morgan fingerprint density at radius 1 is 1.26 bits per heavy atom. The monoisotopic (exact) mass is 274 g/mol. The van der Waals surface area contributed by atoms with E-state index in [0.717, 1.165) is 19.3 Å². The normalized spacial score (nSPS) is 17.7. The summed E-state index contributed by atoms with van der Waals surface area (Å²) in [4.78, 5) is 7.05. The predicted octanol–water partition coefficient (Wildman–Crippen LogP) is 3.28. The van der Waals surface area contributed by atoms with Crippen molar-refractivity contribution in [2.45, 2.75) is 44.8 Å². The van der Waals surface area contributed by atoms with E-state index in [1.807, 2.05) is 6.92 Å². The minimum atomic E-state index is -4.54. The maximum Gasteiger partial charge on any atom is 0.451 e. The number of aromatic nitrogens is 2. The maximum atomic E-state index is 12.7. The Labute approximate surface area is 109 Å². The number of hydrogen-bond acceptors (Lipinski definition) is 4. The summed E-state index contributed by atoms with van der Waals surface area (Å²) in [6.07, 6.45) is -1.58. The first kappa shape index (κ1) is 13.9. The van der Waals surface area contributed by atoms with Crippen molar-refractivity contribution in [1.29, 1.82) is 0 Å². The van der Waals surface area contributed by atoms with Crippen LogP contribution in [0.25, 0.3) is 0 Å². The average Bonchev–Trinajstić information content (AvgIpc) is 2.26. The van der Waals surface area contributed by atoms with E-state index < -0.39 is 12.0 Å². The van der Waals surface area contributed by atoms with Gasteiger partial charge in [0.2, 0.25) is 5.82 Å². The zero-order valence-electron chi connectivity index (χ0n) is 10.9. The SMILES string of the molecule is CCNc1cc(NC2(C)CCC2)nc(C(F)(F)F)n1. The van der Waals surface area contributed by atoms with Crippen molar-refractivity contribution in [1.82, 2.24) is 9.97 Å². The number of alkyl halides is 3. The minimum Gasteiger partial charge on any atom is -0.370 e. The van der Waals surface area contributed by atoms with Crippen molar-refractivity contribution in [3.05, 3.63) is 11.9 Å². The summed E-state index contributed by atoms with van der Waals surface area (Å²) >= 11 is 0. The number of rotatable bonds is 4. The molecule has 0 aliphatic heterocycles. The Bertz CT molecular complexity index is 455. The average molecular weight is 274 g/mol. The van der Waals surface area contributed by atoms with Crippen LogP contribution >= 0.6 is 0 Å². The first-order valence-corrected chi connectivity index (χ1v) is 6.31. The molecule has 1 fully saturated rings. The molecule has 0 saturated heterocycles. The molecule has 106 valence electrons. The molecular weight excluding hydrogens is 257 g/mol. The zero-order chi connectivity index (χ0) is 14.1. The first-order chi connectivity index (χ1) is 8.82. The highest BCUT2D eigenvalue weighted by molar-refractivity contribution is 5.49. The molecule has 1 aromatic rings. The van der Waals surface area contributed by atoms with Gasteiger partial charge in [0.25, 0.3) is 0 Å². The van der Waals surface area contributed by atoms with Crippen molar-refractivity contribution in [2.24, 2.45) is 0 Å². The van der Waals surface area contributed by atoms with Gasteiger partial charge >= 0.3 is 6.18 Å². The van der Waals surface area contributed by atoms with Gasteiger partial charge in [-0.2, -0.15) is 13.2 Å². The summed E-state index contributed by atoms with van der Waals surface area (Å²) in [5.74, 6) is -0.702. The lowest BCUT2D eigenvalue weighted by molar-refractivity contribution is -0.144. The highest BCUT2D eigenvalue weighted by atomic mass is 19.4. The lowest BCUT2D eigenvalue weighted by Crippen LogP contribution is -2.42. The topological polar surface area (TPSA) is 49.8 Å². The van der Waals surface area contributed by atoms with E-state index in [2.05, 4.69) is 20.6 Å². The van der Waals surface area contributed by atoms with Crippen LogP contribution in [0.5, 0.6) is 0 Å². The van der Waals surface area contributed by atoms with Gasteiger partial charge in [0, 0.05) is 18.2 Å². The zero-order valence-corrected chi connectivity index (χ0v) is 10.9. The highest BCUT2D eigenvalue weighted by Gasteiger charge is 2.37. The molecule has 0 amide bonds. The van der Waals surface area contributed by atoms with Crippen LogP contribution in [-0.2, 0) is 6.18 Å². The molecule has 0 aromatic carbocycles. The molecule has 2 rings (SSSR count). The number of nitrogens with one attached hydrogen (secondary N) is 2. The lowest BCUT2D eigenvalue weighted by Gasteiger charge is -2.39. The van der Waals surface area contributed by atoms with Crippen molar-refractivity contribution in [3.63, 3.8) is 0 Å². The molecule has 0 spiro atoms. The Hall–Kier alpha value is -1.53. The van der Waals surface area contributed by atoms with E-state index in [9.17, 15) is 13.2 Å². The van der Waals surface area contributed by atoms with Gasteiger partial charge in [0.05, 0.1) is 0 Å². The fourth-order valence-electron chi connectivity index (χ4n) is 2.05. The molecular formula is C12H17F3N4. The number of halogens is 3. The second kappa shape index (κ2) is 4.86. The lowest BCUT2D eigenvalue weighted by atomic mass is 9.78. The van der Waals surface area contributed by atoms with Gasteiger partial charge in [0.15, 0.2) is 0 Å². The maximum absolute atomic E-state index is 12.7. The number of anilines is 2. The molecule has 1 aliphatic carbocycles. The van der Waals surface area contributed by atoms with Gasteiger partial charge in [-0.3, -0.25) is 0 Å². The van der Waals surface area contributed by atoms with Gasteiger partial charge in [-0.15, -0.1) is 0 Å². The van der Waals surface area contributed by atoms with E-state index in [1.165, 1.54) is 6.07 Å². The molecule has 0 radical (unpaired) electrons. The largest absolute Gasteiger partial charge is 0.451 e. The predicted molar refractivity (Wildman–Crippen MR) is 67.1 cm³/mol. The fraction of sp³-hybridized carbons (Fsp3) is 0.667. The third-order valence-electron chi connectivity index (χ3n) is 3.22. The van der Waals surface area contributed by atoms with E-state index >= 15 is 0 Å². The van der Waals surface area contributed by atoms with Gasteiger partial charge in [0.1, 0.15) is 11.6 Å². The Kier molecular flexibility index (Phi) is 3.56. The van der Waals surface area contributed by atoms with Crippen molar-refractivity contribution in [2.75, 3.05) is 17.2 Å². The van der Waals surface area contributed by atoms with Gasteiger partial charge in [-0.1, -0.05) is 0 Å². The Morgan fingerprint density at radius 3 is 2.37 bits per heavy atom. The molecule has 1 aromatic heterocycles. The number of nitrogens with zero attached hydrogens (tertiary/aromatic N) is 2. The molecule has 0 bridgehead atoms. The minimum absolute atomic E-state index is 0.152. The molecule has 19 heavy (non-hydrogen) atoms. The molecule has 1 heterocycles. The van der Waals surface area contributed by atoms with E-state index in [-0.39, 0.29) is 17.2 Å². The van der Waals surface area contributed by atoms with Gasteiger partial charge in [-0.05, 0) is 33.1 Å². The Morgan fingerprint density at radius 2 is 1.89 bits per heavy atom. The summed E-state index contributed by atoms with van der Waals surface area (Å²) in [5.41, 5.74) is -0.152. The Balaban J connectivity index is 2.28. The molecule has 1 saturated carbocycles. The summed E-state index contributed by atoms with van der Waals surface area (Å²) in [7, 11) is 0. The summed E-state index contributed by atoms with van der Waals surface area (Å²) in [6, 6.07) is 1.52. The summed E-state index contributed by atoms with van der Waals surface area (Å²) in [6.45, 7) is 4.29. The standard InChI is InChI=1S/C12H17F3N4/c1-3-16-8-7-9(19-11(2)5-4-6-11)18-10(17-8)12(13,14)15/h7H,3-6H2,1-2H3,(H2,16,17,18,19). The second-order valence-corrected chi connectivity index (χ2v) is 5.03. The van der Waals surface area contributed by atoms with Crippen LogP contribution in [0.1, 0.15) is 38.9 Å². The van der Waals surface area contributed by atoms with E-state index in [4.69, 9.17) is 0 Å². The fourth-order valence-corrected chi connectivity index (χ4v) is 2.05. The van der Waals surface area contributed by atoms with Crippen LogP contribution < -0.4 is 10.6 Å². The van der Waals surface area contributed by atoms with Crippen molar-refractivity contribution >= 4 is 11.6 Å². The summed E-state index contributed by atoms with van der Waals surface area (Å²) < 4.78 is 38.2. The third-order valence-corrected chi connectivity index (χ3v) is 3.22. The highest BCUT2D eigenvalue weighted by Crippen LogP contribution is 2.35. The van der Waals surface area contributed by atoms with Crippen LogP contribution in [0.4, 0.5) is 24.8 Å². The molecule has 7 heteroatoms. The van der Waals surface area contributed by atoms with Crippen LogP contribution in [0.2, 0.25) is 0 Å². The van der Waals surface area contributed by atoms with Gasteiger partial charge in [-0.25, -0.2) is 9.97 Å².